The van der Waals surface area contributed by atoms with Crippen LogP contribution < -0.4 is 9.64 Å². The van der Waals surface area contributed by atoms with Crippen molar-refractivity contribution in [2.45, 2.75) is 26.2 Å². The maximum absolute atomic E-state index is 11.2. The third kappa shape index (κ3) is 5.11. The van der Waals surface area contributed by atoms with E-state index < -0.39 is 5.97 Å². The quantitative estimate of drug-likeness (QED) is 0.518. The molecule has 32 heavy (non-hydrogen) atoms. The molecule has 0 fully saturated rings. The van der Waals surface area contributed by atoms with Crippen LogP contribution in [0.4, 0.5) is 5.69 Å². The number of ether oxygens (including phenoxy) is 1. The third-order valence-corrected chi connectivity index (χ3v) is 5.39. The number of carboxylic acid groups (broad SMARTS) is 1. The van der Waals surface area contributed by atoms with Crippen LogP contribution in [0.15, 0.2) is 60.7 Å². The summed E-state index contributed by atoms with van der Waals surface area (Å²) in [7, 11) is 4.09. The maximum Gasteiger partial charge on any atom is 0.335 e. The lowest BCUT2D eigenvalue weighted by Crippen LogP contribution is -2.19. The van der Waals surface area contributed by atoms with Gasteiger partial charge in [-0.3, -0.25) is 0 Å². The first kappa shape index (κ1) is 23.4. The minimum Gasteiger partial charge on any atom is -0.491 e. The molecule has 168 valence electrons. The largest absolute Gasteiger partial charge is 0.491 e. The average Bonchev–Trinajstić information content (AvgIpc) is 2.76. The van der Waals surface area contributed by atoms with Gasteiger partial charge in [0.2, 0.25) is 0 Å². The van der Waals surface area contributed by atoms with Crippen LogP contribution in [-0.4, -0.2) is 43.5 Å². The number of hydrogen-bond acceptors (Lipinski definition) is 4. The molecule has 0 aliphatic rings. The Balaban J connectivity index is 2.14. The van der Waals surface area contributed by atoms with Gasteiger partial charge in [0.25, 0.3) is 0 Å². The molecule has 2 N–H and O–H groups in total. The van der Waals surface area contributed by atoms with Gasteiger partial charge >= 0.3 is 5.97 Å². The lowest BCUT2D eigenvalue weighted by Gasteiger charge is -2.27. The number of aliphatic hydroxyl groups excluding tert-OH is 1. The topological polar surface area (TPSA) is 70.0 Å². The van der Waals surface area contributed by atoms with Crippen LogP contribution in [-0.2, 0) is 5.41 Å². The molecular weight excluding hydrogens is 402 g/mol. The molecule has 0 unspecified atom stereocenters. The zero-order valence-corrected chi connectivity index (χ0v) is 19.3. The number of hydrogen-bond donors (Lipinski definition) is 2. The Morgan fingerprint density at radius 1 is 0.906 bits per heavy atom. The van der Waals surface area contributed by atoms with Crippen molar-refractivity contribution in [2.24, 2.45) is 0 Å². The first-order chi connectivity index (χ1) is 15.1. The fourth-order valence-electron chi connectivity index (χ4n) is 3.72. The second-order valence-electron chi connectivity index (χ2n) is 9.04. The summed E-state index contributed by atoms with van der Waals surface area (Å²) in [5, 5.41) is 18.4. The lowest BCUT2D eigenvalue weighted by atomic mass is 9.83. The van der Waals surface area contributed by atoms with E-state index in [1.165, 1.54) is 11.3 Å². The number of benzene rings is 3. The van der Waals surface area contributed by atoms with Gasteiger partial charge in [0, 0.05) is 25.3 Å². The van der Waals surface area contributed by atoms with Gasteiger partial charge in [0.05, 0.1) is 12.2 Å². The predicted molar refractivity (Wildman–Crippen MR) is 130 cm³/mol. The molecule has 3 aromatic rings. The van der Waals surface area contributed by atoms with Gasteiger partial charge in [-0.15, -0.1) is 0 Å². The van der Waals surface area contributed by atoms with Crippen molar-refractivity contribution in [3.05, 3.63) is 71.8 Å². The number of aromatic carboxylic acids is 1. The minimum absolute atomic E-state index is 0.0496. The fourth-order valence-corrected chi connectivity index (χ4v) is 3.72. The van der Waals surface area contributed by atoms with Crippen molar-refractivity contribution in [1.29, 1.82) is 0 Å². The predicted octanol–water partition coefficient (Wildman–Crippen LogP) is 5.45. The molecule has 0 atom stereocenters. The van der Waals surface area contributed by atoms with Crippen LogP contribution in [0, 0.1) is 0 Å². The molecule has 5 heteroatoms. The van der Waals surface area contributed by atoms with Crippen LogP contribution in [0.1, 0.15) is 36.7 Å². The van der Waals surface area contributed by atoms with Crippen molar-refractivity contribution in [3.63, 3.8) is 0 Å². The molecule has 0 radical (unpaired) electrons. The fraction of sp³-hybridized carbons (Fsp3) is 0.296. The van der Waals surface area contributed by atoms with E-state index in [1.54, 1.807) is 12.1 Å². The molecule has 0 aliphatic heterocycles. The average molecular weight is 434 g/mol. The molecule has 0 aromatic heterocycles. The highest BCUT2D eigenvalue weighted by Crippen LogP contribution is 2.39. The third-order valence-electron chi connectivity index (χ3n) is 5.39. The van der Waals surface area contributed by atoms with E-state index >= 15 is 0 Å². The minimum atomic E-state index is -0.944. The number of rotatable bonds is 7. The van der Waals surface area contributed by atoms with Gasteiger partial charge in [-0.1, -0.05) is 45.0 Å². The van der Waals surface area contributed by atoms with Gasteiger partial charge < -0.3 is 19.8 Å². The van der Waals surface area contributed by atoms with E-state index in [4.69, 9.17) is 4.74 Å². The number of anilines is 1. The van der Waals surface area contributed by atoms with Gasteiger partial charge in [-0.2, -0.15) is 0 Å². The summed E-state index contributed by atoms with van der Waals surface area (Å²) in [5.74, 6) is -0.247. The second kappa shape index (κ2) is 9.45. The van der Waals surface area contributed by atoms with E-state index in [0.717, 1.165) is 22.3 Å². The van der Waals surface area contributed by atoms with Crippen LogP contribution in [0.5, 0.6) is 5.75 Å². The molecule has 5 nitrogen and oxygen atoms in total. The summed E-state index contributed by atoms with van der Waals surface area (Å²) in [4.78, 5) is 13.3. The number of nitrogens with zero attached hydrogens (tertiary/aromatic N) is 1. The molecule has 3 aromatic carbocycles. The second-order valence-corrected chi connectivity index (χ2v) is 9.04. The first-order valence-electron chi connectivity index (χ1n) is 10.7. The van der Waals surface area contributed by atoms with E-state index in [1.807, 2.05) is 38.4 Å². The molecule has 0 heterocycles. The molecule has 0 amide bonds. The highest BCUT2D eigenvalue weighted by Gasteiger charge is 2.21. The van der Waals surface area contributed by atoms with E-state index in [2.05, 4.69) is 49.9 Å². The summed E-state index contributed by atoms with van der Waals surface area (Å²) in [6.45, 7) is 6.74. The molecule has 0 bridgehead atoms. The Hall–Kier alpha value is -3.31. The van der Waals surface area contributed by atoms with Crippen molar-refractivity contribution in [1.82, 2.24) is 0 Å². The van der Waals surface area contributed by atoms with E-state index in [-0.39, 0.29) is 24.2 Å². The Bertz CT molecular complexity index is 1100. The highest BCUT2D eigenvalue weighted by molar-refractivity contribution is 5.88. The molecular formula is C27H31NO4. The van der Waals surface area contributed by atoms with Gasteiger partial charge in [0.1, 0.15) is 12.4 Å². The smallest absolute Gasteiger partial charge is 0.335 e. The van der Waals surface area contributed by atoms with Crippen LogP contribution in [0.25, 0.3) is 22.3 Å². The van der Waals surface area contributed by atoms with Crippen LogP contribution >= 0.6 is 0 Å². The zero-order valence-electron chi connectivity index (χ0n) is 19.3. The maximum atomic E-state index is 11.2. The van der Waals surface area contributed by atoms with Crippen LogP contribution in [0.2, 0.25) is 0 Å². The molecule has 0 aliphatic carbocycles. The summed E-state index contributed by atoms with van der Waals surface area (Å²) in [6, 6.07) is 19.2. The Morgan fingerprint density at radius 2 is 1.53 bits per heavy atom. The standard InChI is InChI=1S/C27H31NO4/c1-27(2,3)23-17-21(10-12-24(23)28(4)5)22-16-20(11-13-25(22)32-15-14-29)18-6-8-19(9-7-18)26(30)31/h6-13,16-17,29H,14-15H2,1-5H3,(H,30,31). The van der Waals surface area contributed by atoms with Gasteiger partial charge in [0.15, 0.2) is 0 Å². The number of carbonyl (C=O) groups is 1. The van der Waals surface area contributed by atoms with E-state index in [0.29, 0.717) is 5.75 Å². The zero-order chi connectivity index (χ0) is 23.5. The van der Waals surface area contributed by atoms with Crippen molar-refractivity contribution >= 4 is 11.7 Å². The van der Waals surface area contributed by atoms with Crippen molar-refractivity contribution in [3.8, 4) is 28.0 Å². The summed E-state index contributed by atoms with van der Waals surface area (Å²) in [5.41, 5.74) is 6.43. The number of aliphatic hydroxyl groups is 1. The lowest BCUT2D eigenvalue weighted by molar-refractivity contribution is 0.0697. The SMILES string of the molecule is CN(C)c1ccc(-c2cc(-c3ccc(C(=O)O)cc3)ccc2OCCO)cc1C(C)(C)C. The number of carboxylic acids is 1. The monoisotopic (exact) mass is 433 g/mol. The Kier molecular flexibility index (Phi) is 6.90. The first-order valence-corrected chi connectivity index (χ1v) is 10.7. The van der Waals surface area contributed by atoms with Crippen molar-refractivity contribution < 1.29 is 19.7 Å². The molecule has 0 saturated carbocycles. The molecule has 3 rings (SSSR count). The normalized spacial score (nSPS) is 11.3. The summed E-state index contributed by atoms with van der Waals surface area (Å²) in [6.07, 6.45) is 0. The van der Waals surface area contributed by atoms with Gasteiger partial charge in [-0.05, 0) is 64.1 Å². The van der Waals surface area contributed by atoms with Gasteiger partial charge in [-0.25, -0.2) is 4.79 Å². The molecule has 0 saturated heterocycles. The summed E-state index contributed by atoms with van der Waals surface area (Å²) < 4.78 is 5.85. The van der Waals surface area contributed by atoms with Crippen molar-refractivity contribution in [2.75, 3.05) is 32.2 Å². The summed E-state index contributed by atoms with van der Waals surface area (Å²) >= 11 is 0. The molecule has 0 spiro atoms. The van der Waals surface area contributed by atoms with Crippen LogP contribution in [0.3, 0.4) is 0 Å². The Labute approximate surface area is 189 Å². The highest BCUT2D eigenvalue weighted by atomic mass is 16.5. The van der Waals surface area contributed by atoms with E-state index in [9.17, 15) is 15.0 Å². The Morgan fingerprint density at radius 3 is 2.09 bits per heavy atom.